The molecule has 0 bridgehead atoms. The highest BCUT2D eigenvalue weighted by Crippen LogP contribution is 2.59. The third-order valence-corrected chi connectivity index (χ3v) is 9.96. The van der Waals surface area contributed by atoms with Crippen LogP contribution in [0.15, 0.2) is 47.6 Å². The Morgan fingerprint density at radius 2 is 1.73 bits per heavy atom. The van der Waals surface area contributed by atoms with Gasteiger partial charge in [-0.1, -0.05) is 70.1 Å². The van der Waals surface area contributed by atoms with Crippen molar-refractivity contribution in [2.24, 2.45) is 29.1 Å². The van der Waals surface area contributed by atoms with Gasteiger partial charge in [0.15, 0.2) is 0 Å². The molecule has 0 radical (unpaired) electrons. The van der Waals surface area contributed by atoms with Crippen molar-refractivity contribution in [1.82, 2.24) is 0 Å². The minimum atomic E-state index is -0.622. The molecular formula is C30H46O3. The molecule has 4 rings (SSSR count). The quantitative estimate of drug-likeness (QED) is 0.430. The zero-order valence-corrected chi connectivity index (χ0v) is 21.1. The monoisotopic (exact) mass is 454 g/mol. The molecule has 0 heterocycles. The molecular weight excluding hydrogens is 408 g/mol. The molecule has 0 aromatic carbocycles. The summed E-state index contributed by atoms with van der Waals surface area (Å²) in [6, 6.07) is 0. The van der Waals surface area contributed by atoms with Gasteiger partial charge in [0.25, 0.3) is 0 Å². The molecule has 4 aliphatic carbocycles. The van der Waals surface area contributed by atoms with Crippen molar-refractivity contribution in [2.45, 2.75) is 109 Å². The second-order valence-corrected chi connectivity index (χ2v) is 12.0. The Morgan fingerprint density at radius 1 is 1.00 bits per heavy atom. The van der Waals surface area contributed by atoms with Gasteiger partial charge in [0.2, 0.25) is 0 Å². The van der Waals surface area contributed by atoms with Gasteiger partial charge >= 0.3 is 0 Å². The molecule has 3 nitrogen and oxygen atoms in total. The van der Waals surface area contributed by atoms with Crippen LogP contribution in [-0.2, 0) is 0 Å². The predicted molar refractivity (Wildman–Crippen MR) is 136 cm³/mol. The van der Waals surface area contributed by atoms with Crippen LogP contribution in [0.4, 0.5) is 0 Å². The highest BCUT2D eigenvalue weighted by molar-refractivity contribution is 5.38. The molecule has 7 atom stereocenters. The lowest BCUT2D eigenvalue weighted by molar-refractivity contribution is 0.0124. The predicted octanol–water partition coefficient (Wildman–Crippen LogP) is 6.26. The fourth-order valence-corrected chi connectivity index (χ4v) is 7.71. The standard InChI is InChI=1S/C30H46O3/c1-20(9-10-21(2)30(33)16-5-6-17-30)26-13-14-27-23(8-7-15-29(26,27)4)11-12-24-18-25(31)19-28(32)22(24)3/h9-12,20-21,25-28,31-33H,3,5-8,13-19H2,1-2,4H3/b10-9+,23-11+,24-12-/t20-,21+,25-,26-,27+,28+,29-/m1/s1. The summed E-state index contributed by atoms with van der Waals surface area (Å²) in [4.78, 5) is 0. The maximum atomic E-state index is 10.9. The molecule has 0 unspecified atom stereocenters. The Bertz CT molecular complexity index is 814. The first-order chi connectivity index (χ1) is 15.6. The van der Waals surface area contributed by atoms with Crippen LogP contribution in [0, 0.1) is 29.1 Å². The van der Waals surface area contributed by atoms with Gasteiger partial charge < -0.3 is 15.3 Å². The average molecular weight is 455 g/mol. The van der Waals surface area contributed by atoms with Crippen molar-refractivity contribution >= 4 is 0 Å². The smallest absolute Gasteiger partial charge is 0.0811 e. The minimum Gasteiger partial charge on any atom is -0.393 e. The first-order valence-corrected chi connectivity index (χ1v) is 13.5. The summed E-state index contributed by atoms with van der Waals surface area (Å²) < 4.78 is 0. The van der Waals surface area contributed by atoms with Crippen molar-refractivity contribution in [3.05, 3.63) is 47.6 Å². The van der Waals surface area contributed by atoms with E-state index < -0.39 is 17.8 Å². The Labute approximate surface area is 201 Å². The van der Waals surface area contributed by atoms with Crippen molar-refractivity contribution in [1.29, 1.82) is 0 Å². The summed E-state index contributed by atoms with van der Waals surface area (Å²) in [5.74, 6) is 2.05. The molecule has 4 saturated carbocycles. The Balaban J connectivity index is 1.47. The van der Waals surface area contributed by atoms with Crippen LogP contribution in [0.3, 0.4) is 0 Å². The summed E-state index contributed by atoms with van der Waals surface area (Å²) >= 11 is 0. The van der Waals surface area contributed by atoms with E-state index in [1.54, 1.807) is 5.57 Å². The second kappa shape index (κ2) is 9.84. The summed E-state index contributed by atoms with van der Waals surface area (Å²) in [6.07, 6.45) is 19.4. The maximum absolute atomic E-state index is 10.9. The van der Waals surface area contributed by atoms with Gasteiger partial charge in [-0.15, -0.1) is 0 Å². The number of aliphatic hydroxyl groups is 3. The molecule has 0 spiro atoms. The summed E-state index contributed by atoms with van der Waals surface area (Å²) in [5.41, 5.74) is 3.16. The molecule has 4 aliphatic rings. The van der Waals surface area contributed by atoms with Crippen molar-refractivity contribution in [2.75, 3.05) is 0 Å². The first kappa shape index (κ1) is 24.9. The molecule has 4 fully saturated rings. The number of aliphatic hydroxyl groups excluding tert-OH is 2. The number of fused-ring (bicyclic) bond motifs is 1. The number of allylic oxidation sites excluding steroid dienone is 4. The van der Waals surface area contributed by atoms with E-state index in [0.717, 1.165) is 43.3 Å². The summed E-state index contributed by atoms with van der Waals surface area (Å²) in [7, 11) is 0. The molecule has 0 aliphatic heterocycles. The van der Waals surface area contributed by atoms with Crippen LogP contribution in [0.1, 0.15) is 91.4 Å². The van der Waals surface area contributed by atoms with E-state index in [1.165, 1.54) is 25.7 Å². The Morgan fingerprint density at radius 3 is 2.45 bits per heavy atom. The first-order valence-electron chi connectivity index (χ1n) is 13.5. The largest absolute Gasteiger partial charge is 0.393 e. The number of hydrogen-bond donors (Lipinski definition) is 3. The topological polar surface area (TPSA) is 60.7 Å². The van der Waals surface area contributed by atoms with E-state index in [-0.39, 0.29) is 5.92 Å². The van der Waals surface area contributed by atoms with Crippen LogP contribution < -0.4 is 0 Å². The van der Waals surface area contributed by atoms with Gasteiger partial charge in [-0.05, 0) is 85.7 Å². The zero-order chi connectivity index (χ0) is 23.8. The molecule has 3 N–H and O–H groups in total. The maximum Gasteiger partial charge on any atom is 0.0811 e. The lowest BCUT2D eigenvalue weighted by atomic mass is 9.61. The fourth-order valence-electron chi connectivity index (χ4n) is 7.71. The molecule has 0 aromatic heterocycles. The van der Waals surface area contributed by atoms with Crippen LogP contribution in [0.25, 0.3) is 0 Å². The van der Waals surface area contributed by atoms with E-state index in [4.69, 9.17) is 0 Å². The fraction of sp³-hybridized carbons (Fsp3) is 0.733. The molecule has 33 heavy (non-hydrogen) atoms. The van der Waals surface area contributed by atoms with Crippen molar-refractivity contribution in [3.8, 4) is 0 Å². The second-order valence-electron chi connectivity index (χ2n) is 12.0. The van der Waals surface area contributed by atoms with Gasteiger partial charge in [-0.2, -0.15) is 0 Å². The molecule has 0 aromatic rings. The van der Waals surface area contributed by atoms with Gasteiger partial charge in [0, 0.05) is 12.3 Å². The molecule has 184 valence electrons. The molecule has 0 amide bonds. The third-order valence-electron chi connectivity index (χ3n) is 9.96. The summed E-state index contributed by atoms with van der Waals surface area (Å²) in [6.45, 7) is 11.2. The Kier molecular flexibility index (Phi) is 7.44. The highest BCUT2D eigenvalue weighted by Gasteiger charge is 2.50. The molecule has 3 heteroatoms. The van der Waals surface area contributed by atoms with Gasteiger partial charge in [0.1, 0.15) is 0 Å². The van der Waals surface area contributed by atoms with E-state index in [1.807, 2.05) is 0 Å². The highest BCUT2D eigenvalue weighted by atomic mass is 16.3. The van der Waals surface area contributed by atoms with E-state index in [2.05, 4.69) is 51.7 Å². The van der Waals surface area contributed by atoms with Crippen molar-refractivity contribution < 1.29 is 15.3 Å². The third kappa shape index (κ3) is 4.97. The zero-order valence-electron chi connectivity index (χ0n) is 21.1. The van der Waals surface area contributed by atoms with E-state index >= 15 is 0 Å². The van der Waals surface area contributed by atoms with Crippen LogP contribution in [-0.4, -0.2) is 33.1 Å². The van der Waals surface area contributed by atoms with Gasteiger partial charge in [-0.25, -0.2) is 0 Å². The van der Waals surface area contributed by atoms with Crippen LogP contribution >= 0.6 is 0 Å². The number of rotatable bonds is 5. The van der Waals surface area contributed by atoms with E-state index in [0.29, 0.717) is 36.0 Å². The number of hydrogen-bond acceptors (Lipinski definition) is 3. The minimum absolute atomic E-state index is 0.232. The lowest BCUT2D eigenvalue weighted by Crippen LogP contribution is -2.36. The van der Waals surface area contributed by atoms with Gasteiger partial charge in [0.05, 0.1) is 17.8 Å². The normalized spacial score (nSPS) is 41.1. The van der Waals surface area contributed by atoms with Crippen molar-refractivity contribution in [3.63, 3.8) is 0 Å². The average Bonchev–Trinajstić information content (AvgIpc) is 3.37. The lowest BCUT2D eigenvalue weighted by Gasteiger charge is -2.44. The van der Waals surface area contributed by atoms with E-state index in [9.17, 15) is 15.3 Å². The SMILES string of the molecule is C=C1/C(=C\C=C2/CCC[C@]3(C)[C@@H]([C@H](C)/C=C/[C@H](C)C4(O)CCCC4)CC[C@@H]23)C[C@@H](O)C[C@@H]1O. The molecule has 0 saturated heterocycles. The summed E-state index contributed by atoms with van der Waals surface area (Å²) in [5, 5.41) is 31.2. The Hall–Kier alpha value is -1.16. The van der Waals surface area contributed by atoms with Crippen LogP contribution in [0.2, 0.25) is 0 Å². The van der Waals surface area contributed by atoms with Gasteiger partial charge in [-0.3, -0.25) is 0 Å². The van der Waals surface area contributed by atoms with Crippen LogP contribution in [0.5, 0.6) is 0 Å².